The Morgan fingerprint density at radius 3 is 3.17 bits per heavy atom. The van der Waals surface area contributed by atoms with Crippen molar-refractivity contribution in [1.82, 2.24) is 4.98 Å². The van der Waals surface area contributed by atoms with Crippen molar-refractivity contribution in [3.8, 4) is 5.88 Å². The third-order valence-electron chi connectivity index (χ3n) is 3.84. The smallest absolute Gasteiger partial charge is 0.215 e. The molecule has 1 aromatic heterocycles. The van der Waals surface area contributed by atoms with Crippen LogP contribution in [0.5, 0.6) is 5.88 Å². The van der Waals surface area contributed by atoms with Crippen molar-refractivity contribution >= 4 is 11.5 Å². The SMILES string of the molecule is COc1ccc(N)c(N2CCOC3CCCC32)n1. The first-order chi connectivity index (χ1) is 8.79. The quantitative estimate of drug-likeness (QED) is 0.859. The maximum absolute atomic E-state index is 6.06. The van der Waals surface area contributed by atoms with E-state index in [1.54, 1.807) is 13.2 Å². The van der Waals surface area contributed by atoms with E-state index >= 15 is 0 Å². The molecule has 1 aromatic rings. The Kier molecular flexibility index (Phi) is 2.99. The first kappa shape index (κ1) is 11.6. The molecule has 0 radical (unpaired) electrons. The zero-order valence-electron chi connectivity index (χ0n) is 10.6. The first-order valence-electron chi connectivity index (χ1n) is 6.48. The number of hydrogen-bond acceptors (Lipinski definition) is 5. The normalized spacial score (nSPS) is 27.1. The fourth-order valence-electron chi connectivity index (χ4n) is 2.97. The van der Waals surface area contributed by atoms with Gasteiger partial charge in [0.1, 0.15) is 0 Å². The van der Waals surface area contributed by atoms with Gasteiger partial charge in [-0.15, -0.1) is 0 Å². The third-order valence-corrected chi connectivity index (χ3v) is 3.84. The van der Waals surface area contributed by atoms with Crippen LogP contribution in [0.25, 0.3) is 0 Å². The molecular weight excluding hydrogens is 230 g/mol. The van der Waals surface area contributed by atoms with Crippen LogP contribution in [0.2, 0.25) is 0 Å². The number of nitrogen functional groups attached to an aromatic ring is 1. The summed E-state index contributed by atoms with van der Waals surface area (Å²) in [5, 5.41) is 0. The van der Waals surface area contributed by atoms with Crippen LogP contribution >= 0.6 is 0 Å². The highest BCUT2D eigenvalue weighted by molar-refractivity contribution is 5.64. The highest BCUT2D eigenvalue weighted by Gasteiger charge is 2.37. The lowest BCUT2D eigenvalue weighted by Gasteiger charge is -2.39. The third kappa shape index (κ3) is 1.88. The van der Waals surface area contributed by atoms with Gasteiger partial charge in [0.25, 0.3) is 0 Å². The molecular formula is C13H19N3O2. The van der Waals surface area contributed by atoms with Gasteiger partial charge in [-0.2, -0.15) is 4.98 Å². The number of ether oxygens (including phenoxy) is 2. The van der Waals surface area contributed by atoms with E-state index in [0.29, 0.717) is 23.7 Å². The number of morpholine rings is 1. The minimum Gasteiger partial charge on any atom is -0.481 e. The molecule has 3 rings (SSSR count). The summed E-state index contributed by atoms with van der Waals surface area (Å²) in [6, 6.07) is 4.08. The van der Waals surface area contributed by atoms with Gasteiger partial charge in [-0.1, -0.05) is 0 Å². The Morgan fingerprint density at radius 2 is 2.33 bits per heavy atom. The lowest BCUT2D eigenvalue weighted by molar-refractivity contribution is 0.0253. The molecule has 2 N–H and O–H groups in total. The van der Waals surface area contributed by atoms with E-state index in [-0.39, 0.29) is 0 Å². The molecule has 1 saturated heterocycles. The highest BCUT2D eigenvalue weighted by atomic mass is 16.5. The van der Waals surface area contributed by atoms with Crippen LogP contribution in [0.3, 0.4) is 0 Å². The number of aromatic nitrogens is 1. The van der Waals surface area contributed by atoms with Crippen molar-refractivity contribution in [1.29, 1.82) is 0 Å². The predicted molar refractivity (Wildman–Crippen MR) is 69.9 cm³/mol. The highest BCUT2D eigenvalue weighted by Crippen LogP contribution is 2.35. The topological polar surface area (TPSA) is 60.6 Å². The Labute approximate surface area is 107 Å². The molecule has 2 atom stereocenters. The molecule has 0 amide bonds. The fraction of sp³-hybridized carbons (Fsp3) is 0.615. The Balaban J connectivity index is 1.93. The van der Waals surface area contributed by atoms with Gasteiger partial charge < -0.3 is 20.1 Å². The zero-order valence-corrected chi connectivity index (χ0v) is 10.6. The van der Waals surface area contributed by atoms with E-state index in [4.69, 9.17) is 15.2 Å². The van der Waals surface area contributed by atoms with Gasteiger partial charge in [0.2, 0.25) is 5.88 Å². The first-order valence-corrected chi connectivity index (χ1v) is 6.48. The molecule has 0 aromatic carbocycles. The molecule has 0 spiro atoms. The molecule has 5 nitrogen and oxygen atoms in total. The largest absolute Gasteiger partial charge is 0.481 e. The van der Waals surface area contributed by atoms with Crippen molar-refractivity contribution in [2.75, 3.05) is 30.9 Å². The minimum atomic E-state index is 0.339. The van der Waals surface area contributed by atoms with E-state index in [9.17, 15) is 0 Å². The van der Waals surface area contributed by atoms with Crippen LogP contribution in [-0.2, 0) is 4.74 Å². The summed E-state index contributed by atoms with van der Waals surface area (Å²) in [6.07, 6.45) is 3.86. The minimum absolute atomic E-state index is 0.339. The number of pyridine rings is 1. The second-order valence-corrected chi connectivity index (χ2v) is 4.87. The number of hydrogen-bond donors (Lipinski definition) is 1. The van der Waals surface area contributed by atoms with Crippen LogP contribution in [0, 0.1) is 0 Å². The number of nitrogens with zero attached hydrogens (tertiary/aromatic N) is 2. The molecule has 98 valence electrons. The lowest BCUT2D eigenvalue weighted by atomic mass is 10.1. The van der Waals surface area contributed by atoms with Crippen LogP contribution in [-0.4, -0.2) is 37.4 Å². The van der Waals surface area contributed by atoms with E-state index < -0.39 is 0 Å². The van der Waals surface area contributed by atoms with E-state index in [0.717, 1.165) is 31.8 Å². The van der Waals surface area contributed by atoms with Crippen molar-refractivity contribution < 1.29 is 9.47 Å². The summed E-state index contributed by atoms with van der Waals surface area (Å²) in [4.78, 5) is 6.79. The molecule has 1 saturated carbocycles. The van der Waals surface area contributed by atoms with Crippen LogP contribution in [0.4, 0.5) is 11.5 Å². The molecule has 0 bridgehead atoms. The van der Waals surface area contributed by atoms with Crippen LogP contribution < -0.4 is 15.4 Å². The maximum atomic E-state index is 6.06. The number of rotatable bonds is 2. The van der Waals surface area contributed by atoms with Gasteiger partial charge in [0.05, 0.1) is 31.5 Å². The second kappa shape index (κ2) is 4.65. The van der Waals surface area contributed by atoms with E-state index in [1.165, 1.54) is 6.42 Å². The summed E-state index contributed by atoms with van der Waals surface area (Å²) in [6.45, 7) is 1.60. The average molecular weight is 249 g/mol. The van der Waals surface area contributed by atoms with Gasteiger partial charge in [-0.05, 0) is 25.3 Å². The molecule has 2 fully saturated rings. The van der Waals surface area contributed by atoms with Crippen molar-refractivity contribution in [2.24, 2.45) is 0 Å². The summed E-state index contributed by atoms with van der Waals surface area (Å²) in [5.41, 5.74) is 6.77. The standard InChI is InChI=1S/C13H19N3O2/c1-17-12-6-5-9(14)13(15-12)16-7-8-18-11-4-2-3-10(11)16/h5-6,10-11H,2-4,7-8,14H2,1H3. The number of methoxy groups -OCH3 is 1. The summed E-state index contributed by atoms with van der Waals surface area (Å²) in [5.74, 6) is 1.45. The Hall–Kier alpha value is -1.49. The van der Waals surface area contributed by atoms with Gasteiger partial charge in [-0.3, -0.25) is 0 Å². The van der Waals surface area contributed by atoms with Gasteiger partial charge in [-0.25, -0.2) is 0 Å². The lowest BCUT2D eigenvalue weighted by Crippen LogP contribution is -2.49. The van der Waals surface area contributed by atoms with Gasteiger partial charge >= 0.3 is 0 Å². The Morgan fingerprint density at radius 1 is 1.44 bits per heavy atom. The average Bonchev–Trinajstić information content (AvgIpc) is 2.87. The predicted octanol–water partition coefficient (Wildman–Crippen LogP) is 1.43. The number of fused-ring (bicyclic) bond motifs is 1. The Bertz CT molecular complexity index is 438. The second-order valence-electron chi connectivity index (χ2n) is 4.87. The number of anilines is 2. The maximum Gasteiger partial charge on any atom is 0.215 e. The van der Waals surface area contributed by atoms with Crippen molar-refractivity contribution in [2.45, 2.75) is 31.4 Å². The summed E-state index contributed by atoms with van der Waals surface area (Å²) >= 11 is 0. The molecule has 1 aliphatic carbocycles. The van der Waals surface area contributed by atoms with Crippen molar-refractivity contribution in [3.05, 3.63) is 12.1 Å². The van der Waals surface area contributed by atoms with Gasteiger partial charge in [0, 0.05) is 12.6 Å². The number of nitrogens with two attached hydrogens (primary N) is 1. The zero-order chi connectivity index (χ0) is 12.5. The van der Waals surface area contributed by atoms with E-state index in [2.05, 4.69) is 9.88 Å². The monoisotopic (exact) mass is 249 g/mol. The molecule has 5 heteroatoms. The van der Waals surface area contributed by atoms with Crippen LogP contribution in [0.15, 0.2) is 12.1 Å². The summed E-state index contributed by atoms with van der Waals surface area (Å²) < 4.78 is 11.0. The van der Waals surface area contributed by atoms with Crippen molar-refractivity contribution in [3.63, 3.8) is 0 Å². The molecule has 1 aliphatic heterocycles. The van der Waals surface area contributed by atoms with E-state index in [1.807, 2.05) is 6.07 Å². The molecule has 2 unspecified atom stereocenters. The molecule has 18 heavy (non-hydrogen) atoms. The fourth-order valence-corrected chi connectivity index (χ4v) is 2.97. The summed E-state index contributed by atoms with van der Waals surface area (Å²) in [7, 11) is 1.62. The van der Waals surface area contributed by atoms with Crippen LogP contribution in [0.1, 0.15) is 19.3 Å². The molecule has 2 heterocycles. The molecule has 2 aliphatic rings. The van der Waals surface area contributed by atoms with Gasteiger partial charge in [0.15, 0.2) is 5.82 Å².